The lowest BCUT2D eigenvalue weighted by Gasteiger charge is -2.16. The van der Waals surface area contributed by atoms with Crippen molar-refractivity contribution in [2.45, 2.75) is 30.8 Å². The Morgan fingerprint density at radius 3 is 2.69 bits per heavy atom. The molecule has 1 amide bonds. The van der Waals surface area contributed by atoms with E-state index in [1.165, 1.54) is 12.1 Å². The van der Waals surface area contributed by atoms with Gasteiger partial charge in [-0.3, -0.25) is 9.89 Å². The van der Waals surface area contributed by atoms with E-state index in [-0.39, 0.29) is 35.4 Å². The number of hydrogen-bond donors (Lipinski definition) is 2. The first-order chi connectivity index (χ1) is 12.3. The zero-order valence-electron chi connectivity index (χ0n) is 14.6. The second kappa shape index (κ2) is 7.59. The summed E-state index contributed by atoms with van der Waals surface area (Å²) in [6.45, 7) is 2.56. The fraction of sp³-hybridized carbons (Fsp3) is 0.444. The normalized spacial score (nSPS) is 20.5. The third-order valence-electron chi connectivity index (χ3n) is 4.68. The summed E-state index contributed by atoms with van der Waals surface area (Å²) >= 11 is 0. The molecule has 140 valence electrons. The van der Waals surface area contributed by atoms with Gasteiger partial charge in [0.05, 0.1) is 22.4 Å². The fourth-order valence-corrected chi connectivity index (χ4v) is 4.48. The number of aliphatic hydroxyl groups excluding tert-OH is 1. The highest BCUT2D eigenvalue weighted by molar-refractivity contribution is 7.91. The van der Waals surface area contributed by atoms with Gasteiger partial charge in [0, 0.05) is 31.1 Å². The van der Waals surface area contributed by atoms with Crippen molar-refractivity contribution in [1.29, 1.82) is 0 Å². The van der Waals surface area contributed by atoms with E-state index in [4.69, 9.17) is 0 Å². The van der Waals surface area contributed by atoms with Crippen LogP contribution >= 0.6 is 0 Å². The molecule has 2 atom stereocenters. The number of H-pyrrole nitrogens is 1. The van der Waals surface area contributed by atoms with Gasteiger partial charge in [0.1, 0.15) is 0 Å². The molecule has 7 nitrogen and oxygen atoms in total. The summed E-state index contributed by atoms with van der Waals surface area (Å²) in [4.78, 5) is 14.2. The van der Waals surface area contributed by atoms with Crippen LogP contribution in [-0.2, 0) is 21.1 Å². The number of hydrogen-bond acceptors (Lipinski definition) is 5. The lowest BCUT2D eigenvalue weighted by molar-refractivity contribution is -0.130. The Kier molecular flexibility index (Phi) is 5.43. The van der Waals surface area contributed by atoms with Crippen molar-refractivity contribution in [1.82, 2.24) is 15.1 Å². The van der Waals surface area contributed by atoms with Gasteiger partial charge in [-0.1, -0.05) is 18.2 Å². The minimum atomic E-state index is -3.48. The van der Waals surface area contributed by atoms with E-state index in [0.717, 1.165) is 11.4 Å². The zero-order valence-corrected chi connectivity index (χ0v) is 15.4. The number of aromatic amines is 1. The molecule has 1 aromatic carbocycles. The van der Waals surface area contributed by atoms with Crippen LogP contribution in [0.2, 0.25) is 0 Å². The number of aryl methyl sites for hydroxylation is 1. The summed E-state index contributed by atoms with van der Waals surface area (Å²) < 4.78 is 24.6. The summed E-state index contributed by atoms with van der Waals surface area (Å²) in [6, 6.07) is 10.0. The average molecular weight is 377 g/mol. The van der Waals surface area contributed by atoms with Crippen LogP contribution in [-0.4, -0.2) is 59.5 Å². The van der Waals surface area contributed by atoms with Gasteiger partial charge in [-0.15, -0.1) is 0 Å². The topological polar surface area (TPSA) is 103 Å². The SMILES string of the molecule is Cc1cc(C[C@@H]2CN(C(=O)CCS(=O)(=O)c3ccccc3)C[C@H]2O)n[nH]1. The minimum Gasteiger partial charge on any atom is -0.391 e. The zero-order chi connectivity index (χ0) is 18.7. The molecule has 3 rings (SSSR count). The third-order valence-corrected chi connectivity index (χ3v) is 6.41. The van der Waals surface area contributed by atoms with Crippen LogP contribution in [0.15, 0.2) is 41.3 Å². The first kappa shape index (κ1) is 18.6. The number of aliphatic hydroxyl groups is 1. The minimum absolute atomic E-state index is 0.0851. The van der Waals surface area contributed by atoms with Crippen molar-refractivity contribution in [3.05, 3.63) is 47.8 Å². The summed E-state index contributed by atoms with van der Waals surface area (Å²) in [7, 11) is -3.48. The Morgan fingerprint density at radius 2 is 2.04 bits per heavy atom. The monoisotopic (exact) mass is 377 g/mol. The molecule has 2 heterocycles. The van der Waals surface area contributed by atoms with Crippen LogP contribution in [0.4, 0.5) is 0 Å². The smallest absolute Gasteiger partial charge is 0.223 e. The molecule has 0 bridgehead atoms. The Labute approximate surface area is 153 Å². The van der Waals surface area contributed by atoms with Crippen LogP contribution in [0.25, 0.3) is 0 Å². The van der Waals surface area contributed by atoms with E-state index in [1.807, 2.05) is 13.0 Å². The van der Waals surface area contributed by atoms with Crippen LogP contribution < -0.4 is 0 Å². The van der Waals surface area contributed by atoms with E-state index in [0.29, 0.717) is 13.0 Å². The molecule has 0 spiro atoms. The lowest BCUT2D eigenvalue weighted by atomic mass is 10.0. The second-order valence-electron chi connectivity index (χ2n) is 6.75. The van der Waals surface area contributed by atoms with Gasteiger partial charge in [-0.25, -0.2) is 8.42 Å². The van der Waals surface area contributed by atoms with Gasteiger partial charge < -0.3 is 10.0 Å². The van der Waals surface area contributed by atoms with Gasteiger partial charge in [-0.2, -0.15) is 5.10 Å². The molecule has 2 N–H and O–H groups in total. The maximum atomic E-state index is 12.4. The highest BCUT2D eigenvalue weighted by Crippen LogP contribution is 2.22. The molecule has 1 aliphatic heterocycles. The molecule has 1 aliphatic rings. The van der Waals surface area contributed by atoms with E-state index >= 15 is 0 Å². The van der Waals surface area contributed by atoms with E-state index in [2.05, 4.69) is 10.2 Å². The van der Waals surface area contributed by atoms with Crippen molar-refractivity contribution in [2.24, 2.45) is 5.92 Å². The summed E-state index contributed by atoms with van der Waals surface area (Å²) in [5.41, 5.74) is 1.80. The number of β-amino-alcohol motifs (C(OH)–C–C–N with tert-alkyl or cyclic N) is 1. The molecule has 26 heavy (non-hydrogen) atoms. The van der Waals surface area contributed by atoms with Gasteiger partial charge in [0.15, 0.2) is 9.84 Å². The Morgan fingerprint density at radius 1 is 1.31 bits per heavy atom. The summed E-state index contributed by atoms with van der Waals surface area (Å²) in [5.74, 6) is -0.567. The molecular weight excluding hydrogens is 354 g/mol. The Bertz CT molecular complexity index is 864. The summed E-state index contributed by atoms with van der Waals surface area (Å²) in [5, 5.41) is 17.3. The number of amides is 1. The van der Waals surface area contributed by atoms with Gasteiger partial charge in [-0.05, 0) is 31.5 Å². The number of nitrogens with zero attached hydrogens (tertiary/aromatic N) is 2. The molecule has 1 aromatic heterocycles. The summed E-state index contributed by atoms with van der Waals surface area (Å²) in [6.07, 6.45) is -0.128. The number of carbonyl (C=O) groups excluding carboxylic acids is 1. The maximum absolute atomic E-state index is 12.4. The van der Waals surface area contributed by atoms with E-state index < -0.39 is 15.9 Å². The highest BCUT2D eigenvalue weighted by Gasteiger charge is 2.34. The molecule has 2 aromatic rings. The number of benzene rings is 1. The largest absolute Gasteiger partial charge is 0.391 e. The molecule has 8 heteroatoms. The standard InChI is InChI=1S/C18H23N3O4S/c1-13-9-15(20-19-13)10-14-11-21(12-17(14)22)18(23)7-8-26(24,25)16-5-3-2-4-6-16/h2-6,9,14,17,22H,7-8,10-12H2,1H3,(H,19,20)/t14-,17-/m1/s1. The number of carbonyl (C=O) groups is 1. The molecule has 0 aliphatic carbocycles. The lowest BCUT2D eigenvalue weighted by Crippen LogP contribution is -2.31. The van der Waals surface area contributed by atoms with E-state index in [1.54, 1.807) is 23.1 Å². The van der Waals surface area contributed by atoms with Gasteiger partial charge >= 0.3 is 0 Å². The van der Waals surface area contributed by atoms with Crippen LogP contribution in [0, 0.1) is 12.8 Å². The van der Waals surface area contributed by atoms with Crippen molar-refractivity contribution in [3.8, 4) is 0 Å². The average Bonchev–Trinajstić information content (AvgIpc) is 3.20. The van der Waals surface area contributed by atoms with Crippen molar-refractivity contribution in [3.63, 3.8) is 0 Å². The third kappa shape index (κ3) is 4.31. The molecule has 0 radical (unpaired) electrons. The highest BCUT2D eigenvalue weighted by atomic mass is 32.2. The molecule has 1 fully saturated rings. The molecule has 0 saturated carbocycles. The van der Waals surface area contributed by atoms with Crippen molar-refractivity contribution >= 4 is 15.7 Å². The van der Waals surface area contributed by atoms with Crippen molar-refractivity contribution in [2.75, 3.05) is 18.8 Å². The van der Waals surface area contributed by atoms with Crippen LogP contribution in [0.3, 0.4) is 0 Å². The molecular formula is C18H23N3O4S. The Hall–Kier alpha value is -2.19. The number of rotatable bonds is 6. The van der Waals surface area contributed by atoms with Crippen LogP contribution in [0.5, 0.6) is 0 Å². The molecule has 0 unspecified atom stereocenters. The van der Waals surface area contributed by atoms with Crippen molar-refractivity contribution < 1.29 is 18.3 Å². The first-order valence-electron chi connectivity index (χ1n) is 8.59. The predicted molar refractivity (Wildman–Crippen MR) is 96.2 cm³/mol. The number of aromatic nitrogens is 2. The van der Waals surface area contributed by atoms with Crippen LogP contribution in [0.1, 0.15) is 17.8 Å². The maximum Gasteiger partial charge on any atom is 0.223 e. The van der Waals surface area contributed by atoms with Gasteiger partial charge in [0.2, 0.25) is 5.91 Å². The molecule has 1 saturated heterocycles. The Balaban J connectivity index is 1.55. The number of likely N-dealkylation sites (tertiary alicyclic amines) is 1. The number of nitrogens with one attached hydrogen (secondary N) is 1. The van der Waals surface area contributed by atoms with E-state index in [9.17, 15) is 18.3 Å². The number of sulfone groups is 1. The second-order valence-corrected chi connectivity index (χ2v) is 8.86. The predicted octanol–water partition coefficient (Wildman–Crippen LogP) is 0.944. The fourth-order valence-electron chi connectivity index (χ4n) is 3.23. The quantitative estimate of drug-likeness (QED) is 0.780. The van der Waals surface area contributed by atoms with Gasteiger partial charge in [0.25, 0.3) is 0 Å². The first-order valence-corrected chi connectivity index (χ1v) is 10.2.